The van der Waals surface area contributed by atoms with Crippen LogP contribution in [0.1, 0.15) is 5.89 Å². The molecule has 21 heavy (non-hydrogen) atoms. The minimum absolute atomic E-state index is 0.0864. The zero-order valence-corrected chi connectivity index (χ0v) is 12.2. The number of ketones is 1. The first kappa shape index (κ1) is 15.5. The van der Waals surface area contributed by atoms with Gasteiger partial charge in [0.2, 0.25) is 17.5 Å². The van der Waals surface area contributed by atoms with Gasteiger partial charge < -0.3 is 9.26 Å². The molecule has 0 atom stereocenters. The van der Waals surface area contributed by atoms with Crippen LogP contribution in [0.2, 0.25) is 0 Å². The second kappa shape index (κ2) is 5.84. The van der Waals surface area contributed by atoms with Gasteiger partial charge in [-0.15, -0.1) is 0 Å². The highest BCUT2D eigenvalue weighted by molar-refractivity contribution is 9.10. The Bertz CT molecular complexity index is 670. The number of aromatic nitrogens is 2. The van der Waals surface area contributed by atoms with Crippen molar-refractivity contribution >= 4 is 21.7 Å². The molecule has 0 amide bonds. The SMILES string of the molecule is COc1ccc(-c2noc(CC(=O)C(F)(F)F)n2)cc1Br. The van der Waals surface area contributed by atoms with Crippen molar-refractivity contribution in [3.05, 3.63) is 28.6 Å². The van der Waals surface area contributed by atoms with E-state index in [9.17, 15) is 18.0 Å². The number of benzene rings is 1. The quantitative estimate of drug-likeness (QED) is 0.833. The van der Waals surface area contributed by atoms with Crippen LogP contribution in [0, 0.1) is 0 Å². The van der Waals surface area contributed by atoms with Gasteiger partial charge in [0, 0.05) is 5.56 Å². The van der Waals surface area contributed by atoms with Crippen LogP contribution < -0.4 is 4.74 Å². The molecule has 1 heterocycles. The van der Waals surface area contributed by atoms with E-state index < -0.39 is 18.4 Å². The van der Waals surface area contributed by atoms with Gasteiger partial charge in [0.25, 0.3) is 0 Å². The van der Waals surface area contributed by atoms with Gasteiger partial charge >= 0.3 is 6.18 Å². The molecule has 0 aliphatic carbocycles. The van der Waals surface area contributed by atoms with Crippen molar-refractivity contribution in [3.63, 3.8) is 0 Å². The number of carbonyl (C=O) groups excluding carboxylic acids is 1. The monoisotopic (exact) mass is 364 g/mol. The normalized spacial score (nSPS) is 11.5. The lowest BCUT2D eigenvalue weighted by atomic mass is 10.2. The molecule has 0 bridgehead atoms. The highest BCUT2D eigenvalue weighted by Gasteiger charge is 2.39. The van der Waals surface area contributed by atoms with Crippen molar-refractivity contribution in [2.45, 2.75) is 12.6 Å². The summed E-state index contributed by atoms with van der Waals surface area (Å²) in [5.41, 5.74) is 0.511. The summed E-state index contributed by atoms with van der Waals surface area (Å²) in [5, 5.41) is 3.55. The molecule has 1 aromatic carbocycles. The topological polar surface area (TPSA) is 65.2 Å². The molecule has 0 aliphatic rings. The number of carbonyl (C=O) groups is 1. The van der Waals surface area contributed by atoms with Gasteiger partial charge in [0.05, 0.1) is 18.0 Å². The Balaban J connectivity index is 2.20. The maximum atomic E-state index is 12.1. The molecule has 1 aromatic heterocycles. The summed E-state index contributed by atoms with van der Waals surface area (Å²) < 4.78 is 46.8. The molecule has 5 nitrogen and oxygen atoms in total. The third kappa shape index (κ3) is 3.60. The Morgan fingerprint density at radius 1 is 1.43 bits per heavy atom. The van der Waals surface area contributed by atoms with Crippen LogP contribution in [0.3, 0.4) is 0 Å². The molecule has 9 heteroatoms. The maximum absolute atomic E-state index is 12.1. The summed E-state index contributed by atoms with van der Waals surface area (Å²) in [4.78, 5) is 14.6. The Kier molecular flexibility index (Phi) is 4.31. The third-order valence-electron chi connectivity index (χ3n) is 2.51. The Labute approximate surface area is 125 Å². The number of alkyl halides is 3. The fourth-order valence-corrected chi connectivity index (χ4v) is 2.03. The van der Waals surface area contributed by atoms with E-state index in [4.69, 9.17) is 4.74 Å². The fraction of sp³-hybridized carbons (Fsp3) is 0.250. The number of hydrogen-bond acceptors (Lipinski definition) is 5. The van der Waals surface area contributed by atoms with Crippen LogP contribution in [0.25, 0.3) is 11.4 Å². The van der Waals surface area contributed by atoms with E-state index in [1.54, 1.807) is 18.2 Å². The van der Waals surface area contributed by atoms with E-state index >= 15 is 0 Å². The average molecular weight is 365 g/mol. The molecular formula is C12H8BrF3N2O3. The first-order chi connectivity index (χ1) is 9.81. The van der Waals surface area contributed by atoms with Crippen LogP contribution in [0.15, 0.2) is 27.2 Å². The summed E-state index contributed by atoms with van der Waals surface area (Å²) in [7, 11) is 1.50. The molecule has 0 N–H and O–H groups in total. The number of ether oxygens (including phenoxy) is 1. The highest BCUT2D eigenvalue weighted by Crippen LogP contribution is 2.29. The lowest BCUT2D eigenvalue weighted by Crippen LogP contribution is -2.24. The van der Waals surface area contributed by atoms with Crippen molar-refractivity contribution in [2.75, 3.05) is 7.11 Å². The summed E-state index contributed by atoms with van der Waals surface area (Å²) in [6.07, 6.45) is -5.90. The number of rotatable bonds is 4. The zero-order chi connectivity index (χ0) is 15.6. The predicted octanol–water partition coefficient (Wildman–Crippen LogP) is 3.18. The summed E-state index contributed by atoms with van der Waals surface area (Å²) in [5.74, 6) is -1.66. The molecule has 0 aliphatic heterocycles. The van der Waals surface area contributed by atoms with Gasteiger partial charge in [-0.2, -0.15) is 18.2 Å². The van der Waals surface area contributed by atoms with Gasteiger partial charge in [-0.1, -0.05) is 5.16 Å². The average Bonchev–Trinajstić information content (AvgIpc) is 2.86. The molecule has 0 fully saturated rings. The summed E-state index contributed by atoms with van der Waals surface area (Å²) in [6.45, 7) is 0. The molecule has 0 spiro atoms. The number of halogens is 4. The van der Waals surface area contributed by atoms with Gasteiger partial charge in [-0.3, -0.25) is 4.79 Å². The lowest BCUT2D eigenvalue weighted by molar-refractivity contribution is -0.170. The first-order valence-corrected chi connectivity index (χ1v) is 6.37. The summed E-state index contributed by atoms with van der Waals surface area (Å²) in [6, 6.07) is 4.87. The molecule has 0 saturated carbocycles. The minimum Gasteiger partial charge on any atom is -0.496 e. The van der Waals surface area contributed by atoms with Gasteiger partial charge in [0.1, 0.15) is 5.75 Å². The molecule has 112 valence electrons. The van der Waals surface area contributed by atoms with Crippen molar-refractivity contribution in [2.24, 2.45) is 0 Å². The highest BCUT2D eigenvalue weighted by atomic mass is 79.9. The minimum atomic E-state index is -4.92. The van der Waals surface area contributed by atoms with Gasteiger partial charge in [-0.05, 0) is 34.1 Å². The van der Waals surface area contributed by atoms with E-state index in [1.165, 1.54) is 7.11 Å². The Morgan fingerprint density at radius 2 is 2.14 bits per heavy atom. The molecular weight excluding hydrogens is 357 g/mol. The van der Waals surface area contributed by atoms with Crippen molar-refractivity contribution < 1.29 is 27.2 Å². The second-order valence-electron chi connectivity index (χ2n) is 3.96. The third-order valence-corrected chi connectivity index (χ3v) is 3.13. The maximum Gasteiger partial charge on any atom is 0.450 e. The Hall–Kier alpha value is -1.90. The van der Waals surface area contributed by atoms with Gasteiger partial charge in [0.15, 0.2) is 0 Å². The number of Topliss-reactive ketones (excluding diaryl/α,β-unsaturated/α-hetero) is 1. The van der Waals surface area contributed by atoms with Crippen LogP contribution in [-0.4, -0.2) is 29.2 Å². The van der Waals surface area contributed by atoms with E-state index in [0.717, 1.165) is 0 Å². The van der Waals surface area contributed by atoms with E-state index in [-0.39, 0.29) is 11.7 Å². The Morgan fingerprint density at radius 3 is 2.71 bits per heavy atom. The largest absolute Gasteiger partial charge is 0.496 e. The molecule has 0 radical (unpaired) electrons. The van der Waals surface area contributed by atoms with Crippen molar-refractivity contribution in [1.82, 2.24) is 10.1 Å². The summed E-state index contributed by atoms with van der Waals surface area (Å²) >= 11 is 3.26. The fourth-order valence-electron chi connectivity index (χ4n) is 1.49. The van der Waals surface area contributed by atoms with Crippen LogP contribution >= 0.6 is 15.9 Å². The lowest BCUT2D eigenvalue weighted by Gasteiger charge is -2.03. The predicted molar refractivity (Wildman–Crippen MR) is 68.8 cm³/mol. The van der Waals surface area contributed by atoms with Crippen LogP contribution in [-0.2, 0) is 11.2 Å². The van der Waals surface area contributed by atoms with Crippen LogP contribution in [0.4, 0.5) is 13.2 Å². The number of nitrogens with zero attached hydrogens (tertiary/aromatic N) is 2. The first-order valence-electron chi connectivity index (χ1n) is 5.58. The number of methoxy groups -OCH3 is 1. The van der Waals surface area contributed by atoms with Gasteiger partial charge in [-0.25, -0.2) is 0 Å². The second-order valence-corrected chi connectivity index (χ2v) is 4.81. The zero-order valence-electron chi connectivity index (χ0n) is 10.6. The smallest absolute Gasteiger partial charge is 0.450 e. The number of hydrogen-bond donors (Lipinski definition) is 0. The van der Waals surface area contributed by atoms with Crippen LogP contribution in [0.5, 0.6) is 5.75 Å². The van der Waals surface area contributed by atoms with E-state index in [2.05, 4.69) is 30.6 Å². The molecule has 2 aromatic rings. The molecule has 0 saturated heterocycles. The van der Waals surface area contributed by atoms with E-state index in [0.29, 0.717) is 15.8 Å². The van der Waals surface area contributed by atoms with E-state index in [1.807, 2.05) is 0 Å². The van der Waals surface area contributed by atoms with Crippen molar-refractivity contribution in [3.8, 4) is 17.1 Å². The van der Waals surface area contributed by atoms with Crippen molar-refractivity contribution in [1.29, 1.82) is 0 Å². The standard InChI is InChI=1S/C12H8BrF3N2O3/c1-20-8-3-2-6(4-7(8)13)11-17-10(21-18-11)5-9(19)12(14,15)16/h2-4H,5H2,1H3. The molecule has 0 unspecified atom stereocenters. The molecule has 2 rings (SSSR count).